The molecular weight excluding hydrogens is 542 g/mol. The van der Waals surface area contributed by atoms with Crippen LogP contribution in [0.2, 0.25) is 0 Å². The van der Waals surface area contributed by atoms with E-state index >= 15 is 0 Å². The van der Waals surface area contributed by atoms with Crippen LogP contribution in [0.4, 0.5) is 5.69 Å². The number of nitrogens with one attached hydrogen (secondary N) is 1. The Morgan fingerprint density at radius 2 is 1.88 bits per heavy atom. The van der Waals surface area contributed by atoms with Crippen LogP contribution >= 0.6 is 11.3 Å². The summed E-state index contributed by atoms with van der Waals surface area (Å²) in [6.45, 7) is 14.2. The first-order valence-corrected chi connectivity index (χ1v) is 15.9. The van der Waals surface area contributed by atoms with E-state index in [0.717, 1.165) is 55.7 Å². The van der Waals surface area contributed by atoms with Crippen molar-refractivity contribution in [1.82, 2.24) is 9.88 Å². The van der Waals surface area contributed by atoms with E-state index in [0.29, 0.717) is 22.8 Å². The number of carbonyl (C=O) groups is 1. The maximum atomic E-state index is 12.0. The van der Waals surface area contributed by atoms with Crippen molar-refractivity contribution in [3.63, 3.8) is 0 Å². The molecule has 0 radical (unpaired) electrons. The number of aromatic nitrogens is 1. The number of carboxylic acid groups (broad SMARTS) is 1. The second-order valence-corrected chi connectivity index (χ2v) is 13.8. The minimum atomic E-state index is -0.991. The molecule has 1 fully saturated rings. The average Bonchev–Trinajstić information content (AvgIpc) is 3.64. The molecule has 2 aromatic carbocycles. The van der Waals surface area contributed by atoms with Gasteiger partial charge in [0.2, 0.25) is 0 Å². The molecule has 0 unspecified atom stereocenters. The highest BCUT2D eigenvalue weighted by Gasteiger charge is 2.31. The van der Waals surface area contributed by atoms with Gasteiger partial charge >= 0.3 is 5.97 Å². The zero-order valence-electron chi connectivity index (χ0n) is 25.1. The Morgan fingerprint density at radius 3 is 2.64 bits per heavy atom. The zero-order chi connectivity index (χ0) is 29.4. The van der Waals surface area contributed by atoms with Crippen molar-refractivity contribution in [1.29, 1.82) is 0 Å². The SMILES string of the molecule is CC(C)c1sccc1C1=C(CN2CCN(c3ccc(C(=O)O)c(Oc4ccc5[nH]ccc5c4)c3)CC2)CCC(C)(C)C1. The van der Waals surface area contributed by atoms with E-state index in [9.17, 15) is 9.90 Å². The van der Waals surface area contributed by atoms with Crippen LogP contribution < -0.4 is 9.64 Å². The number of fused-ring (bicyclic) bond motifs is 1. The summed E-state index contributed by atoms with van der Waals surface area (Å²) >= 11 is 1.90. The number of benzene rings is 2. The summed E-state index contributed by atoms with van der Waals surface area (Å²) in [6.07, 6.45) is 5.44. The highest BCUT2D eigenvalue weighted by atomic mass is 32.1. The van der Waals surface area contributed by atoms with Crippen molar-refractivity contribution < 1.29 is 14.6 Å². The van der Waals surface area contributed by atoms with Gasteiger partial charge < -0.3 is 19.7 Å². The Labute approximate surface area is 252 Å². The van der Waals surface area contributed by atoms with Crippen molar-refractivity contribution in [3.8, 4) is 11.5 Å². The van der Waals surface area contributed by atoms with Gasteiger partial charge in [0.1, 0.15) is 17.1 Å². The van der Waals surface area contributed by atoms with E-state index in [4.69, 9.17) is 4.74 Å². The molecule has 0 saturated carbocycles. The monoisotopic (exact) mass is 583 g/mol. The van der Waals surface area contributed by atoms with Crippen LogP contribution in [0.15, 0.2) is 65.7 Å². The Balaban J connectivity index is 1.18. The summed E-state index contributed by atoms with van der Waals surface area (Å²) in [4.78, 5) is 21.6. The van der Waals surface area contributed by atoms with Crippen LogP contribution in [-0.2, 0) is 0 Å². The zero-order valence-corrected chi connectivity index (χ0v) is 25.9. The number of allylic oxidation sites excluding steroid dienone is 1. The second kappa shape index (κ2) is 11.6. The molecule has 3 heterocycles. The van der Waals surface area contributed by atoms with Crippen LogP contribution in [0.1, 0.15) is 73.7 Å². The molecule has 1 aliphatic carbocycles. The van der Waals surface area contributed by atoms with Crippen molar-refractivity contribution in [3.05, 3.63) is 81.7 Å². The predicted octanol–water partition coefficient (Wildman–Crippen LogP) is 8.63. The number of ether oxygens (including phenoxy) is 1. The quantitative estimate of drug-likeness (QED) is 0.217. The van der Waals surface area contributed by atoms with Gasteiger partial charge in [-0.25, -0.2) is 4.79 Å². The first-order valence-electron chi connectivity index (χ1n) is 15.1. The summed E-state index contributed by atoms with van der Waals surface area (Å²) in [5.41, 5.74) is 7.20. The lowest BCUT2D eigenvalue weighted by Crippen LogP contribution is -2.47. The molecule has 6 rings (SSSR count). The highest BCUT2D eigenvalue weighted by Crippen LogP contribution is 2.46. The molecule has 2 N–H and O–H groups in total. The van der Waals surface area contributed by atoms with E-state index in [1.165, 1.54) is 23.3 Å². The van der Waals surface area contributed by atoms with E-state index in [1.54, 1.807) is 17.2 Å². The van der Waals surface area contributed by atoms with E-state index < -0.39 is 5.97 Å². The number of thiophene rings is 1. The number of carboxylic acids is 1. The normalized spacial score (nSPS) is 17.8. The van der Waals surface area contributed by atoms with Gasteiger partial charge in [0.15, 0.2) is 0 Å². The van der Waals surface area contributed by atoms with Gasteiger partial charge in [0.25, 0.3) is 0 Å². The van der Waals surface area contributed by atoms with Gasteiger partial charge in [-0.15, -0.1) is 11.3 Å². The number of H-pyrrole nitrogens is 1. The topological polar surface area (TPSA) is 68.8 Å². The number of aromatic carboxylic acids is 1. The average molecular weight is 584 g/mol. The molecule has 2 aromatic heterocycles. The minimum absolute atomic E-state index is 0.167. The number of hydrogen-bond acceptors (Lipinski definition) is 5. The lowest BCUT2D eigenvalue weighted by molar-refractivity contribution is 0.0694. The molecule has 6 nitrogen and oxygen atoms in total. The van der Waals surface area contributed by atoms with Crippen molar-refractivity contribution >= 4 is 39.5 Å². The number of nitrogens with zero attached hydrogens (tertiary/aromatic N) is 2. The fraction of sp³-hybridized carbons (Fsp3) is 0.400. The van der Waals surface area contributed by atoms with Crippen LogP contribution in [0.25, 0.3) is 16.5 Å². The van der Waals surface area contributed by atoms with Crippen molar-refractivity contribution in [2.75, 3.05) is 37.6 Å². The number of hydrogen-bond donors (Lipinski definition) is 2. The summed E-state index contributed by atoms with van der Waals surface area (Å²) < 4.78 is 6.15. The number of anilines is 1. The standard InChI is InChI=1S/C35H41N3O3S/c1-23(2)33-28(11-18-42-33)30-21-35(3,4)12-9-25(30)22-37-14-16-38(17-15-37)26-5-7-29(34(39)40)32(20-26)41-27-6-8-31-24(19-27)10-13-36-31/h5-8,10-11,13,18-20,23,36H,9,12,14-17,21-22H2,1-4H3,(H,39,40). The van der Waals surface area contributed by atoms with Crippen molar-refractivity contribution in [2.45, 2.75) is 52.9 Å². The summed E-state index contributed by atoms with van der Waals surface area (Å²) in [6, 6.07) is 15.5. The molecule has 0 atom stereocenters. The Morgan fingerprint density at radius 1 is 1.07 bits per heavy atom. The Bertz CT molecular complexity index is 1620. The first kappa shape index (κ1) is 28.6. The van der Waals surface area contributed by atoms with Gasteiger partial charge in [-0.3, -0.25) is 4.90 Å². The summed E-state index contributed by atoms with van der Waals surface area (Å²) in [5.74, 6) is 0.543. The first-order chi connectivity index (χ1) is 20.2. The largest absolute Gasteiger partial charge is 0.478 e. The second-order valence-electron chi connectivity index (χ2n) is 12.9. The molecule has 0 bridgehead atoms. The third kappa shape index (κ3) is 5.99. The van der Waals surface area contributed by atoms with Crippen LogP contribution in [0, 0.1) is 5.41 Å². The number of piperazine rings is 1. The molecule has 7 heteroatoms. The molecule has 2 aliphatic rings. The lowest BCUT2D eigenvalue weighted by Gasteiger charge is -2.39. The van der Waals surface area contributed by atoms with Crippen molar-refractivity contribution in [2.24, 2.45) is 5.41 Å². The molecule has 4 aromatic rings. The molecule has 220 valence electrons. The van der Waals surface area contributed by atoms with Gasteiger partial charge in [-0.1, -0.05) is 33.3 Å². The van der Waals surface area contributed by atoms with Crippen LogP contribution in [0.5, 0.6) is 11.5 Å². The third-order valence-electron chi connectivity index (χ3n) is 8.83. The van der Waals surface area contributed by atoms with Crippen LogP contribution in [-0.4, -0.2) is 53.7 Å². The van der Waals surface area contributed by atoms with Gasteiger partial charge in [-0.05, 0) is 89.6 Å². The van der Waals surface area contributed by atoms with Gasteiger partial charge in [0.05, 0.1) is 0 Å². The Kier molecular flexibility index (Phi) is 7.90. The third-order valence-corrected chi connectivity index (χ3v) is 10.0. The fourth-order valence-electron chi connectivity index (χ4n) is 6.43. The minimum Gasteiger partial charge on any atom is -0.478 e. The van der Waals surface area contributed by atoms with Gasteiger partial charge in [0, 0.05) is 66.5 Å². The van der Waals surface area contributed by atoms with E-state index in [-0.39, 0.29) is 5.56 Å². The molecule has 1 saturated heterocycles. The number of aromatic amines is 1. The molecule has 1 aliphatic heterocycles. The number of rotatable bonds is 8. The molecular formula is C35H41N3O3S. The Hall–Kier alpha value is -3.55. The maximum absolute atomic E-state index is 12.0. The highest BCUT2D eigenvalue weighted by molar-refractivity contribution is 7.10. The lowest BCUT2D eigenvalue weighted by atomic mass is 9.72. The molecule has 0 spiro atoms. The molecule has 42 heavy (non-hydrogen) atoms. The summed E-state index contributed by atoms with van der Waals surface area (Å²) in [5, 5.41) is 13.1. The van der Waals surface area contributed by atoms with E-state index in [2.05, 4.69) is 53.9 Å². The smallest absolute Gasteiger partial charge is 0.339 e. The van der Waals surface area contributed by atoms with E-state index in [1.807, 2.05) is 53.9 Å². The predicted molar refractivity (Wildman–Crippen MR) is 173 cm³/mol. The molecule has 0 amide bonds. The maximum Gasteiger partial charge on any atom is 0.339 e. The van der Waals surface area contributed by atoms with Gasteiger partial charge in [-0.2, -0.15) is 0 Å². The fourth-order valence-corrected chi connectivity index (χ4v) is 7.38. The summed E-state index contributed by atoms with van der Waals surface area (Å²) in [7, 11) is 0. The van der Waals surface area contributed by atoms with Crippen LogP contribution in [0.3, 0.4) is 0 Å².